The summed E-state index contributed by atoms with van der Waals surface area (Å²) in [5, 5.41) is 18.6. The summed E-state index contributed by atoms with van der Waals surface area (Å²) in [7, 11) is 0. The van der Waals surface area contributed by atoms with E-state index in [1.165, 1.54) is 0 Å². The number of hydrogen-bond donors (Lipinski definition) is 3. The fraction of sp³-hybridized carbons (Fsp3) is 0.182. The van der Waals surface area contributed by atoms with Gasteiger partial charge in [-0.15, -0.1) is 6.42 Å². The number of esters is 1. The zero-order valence-electron chi connectivity index (χ0n) is 16.0. The van der Waals surface area contributed by atoms with Crippen LogP contribution in [0, 0.1) is 24.7 Å². The molecule has 6 heteroatoms. The molecule has 0 atom stereocenters. The predicted octanol–water partition coefficient (Wildman–Crippen LogP) is 3.20. The molecule has 0 spiro atoms. The van der Waals surface area contributed by atoms with Crippen LogP contribution in [0.15, 0.2) is 43.0 Å². The van der Waals surface area contributed by atoms with Gasteiger partial charge >= 0.3 is 5.97 Å². The van der Waals surface area contributed by atoms with Gasteiger partial charge in [0.2, 0.25) is 0 Å². The predicted molar refractivity (Wildman–Crippen MR) is 112 cm³/mol. The number of aromatic hydroxyl groups is 1. The Hall–Kier alpha value is -3.72. The van der Waals surface area contributed by atoms with Gasteiger partial charge in [0.25, 0.3) is 0 Å². The first kappa shape index (κ1) is 20.6. The maximum atomic E-state index is 11.6. The van der Waals surface area contributed by atoms with Crippen LogP contribution in [0.25, 0.3) is 11.1 Å². The molecule has 0 aromatic heterocycles. The smallest absolute Gasteiger partial charge is 0.335 e. The van der Waals surface area contributed by atoms with Crippen LogP contribution in [-0.2, 0) is 4.79 Å². The molecule has 0 fully saturated rings. The number of rotatable bonds is 7. The van der Waals surface area contributed by atoms with E-state index in [1.54, 1.807) is 31.2 Å². The zero-order valence-corrected chi connectivity index (χ0v) is 16.0. The molecule has 0 bridgehead atoms. The van der Waals surface area contributed by atoms with Crippen LogP contribution in [0.2, 0.25) is 0 Å². The summed E-state index contributed by atoms with van der Waals surface area (Å²) >= 11 is 0. The second kappa shape index (κ2) is 8.78. The Bertz CT molecular complexity index is 974. The van der Waals surface area contributed by atoms with Crippen molar-refractivity contribution in [3.05, 3.63) is 54.1 Å². The van der Waals surface area contributed by atoms with E-state index in [4.69, 9.17) is 22.3 Å². The van der Waals surface area contributed by atoms with E-state index < -0.39 is 5.97 Å². The van der Waals surface area contributed by atoms with Crippen LogP contribution < -0.4 is 15.4 Å². The number of phenolic OH excluding ortho intramolecular Hbond substituents is 1. The molecule has 0 saturated heterocycles. The second-order valence-electron chi connectivity index (χ2n) is 6.07. The number of hydrogen-bond acceptors (Lipinski definition) is 5. The Morgan fingerprint density at radius 3 is 2.68 bits per heavy atom. The molecule has 0 radical (unpaired) electrons. The highest BCUT2D eigenvalue weighted by molar-refractivity contribution is 6.03. The molecule has 0 aliphatic carbocycles. The van der Waals surface area contributed by atoms with E-state index in [2.05, 4.69) is 12.5 Å². The Kier molecular flexibility index (Phi) is 6.46. The normalized spacial score (nSPS) is 10.0. The van der Waals surface area contributed by atoms with E-state index >= 15 is 0 Å². The van der Waals surface area contributed by atoms with E-state index in [1.807, 2.05) is 17.9 Å². The summed E-state index contributed by atoms with van der Waals surface area (Å²) in [6, 6.07) is 8.33. The molecule has 0 heterocycles. The number of nitrogen functional groups attached to an aromatic ring is 1. The Labute approximate surface area is 164 Å². The van der Waals surface area contributed by atoms with Crippen LogP contribution in [0.5, 0.6) is 11.5 Å². The molecule has 0 amide bonds. The van der Waals surface area contributed by atoms with Gasteiger partial charge in [-0.2, -0.15) is 0 Å². The molecule has 2 aromatic carbocycles. The summed E-state index contributed by atoms with van der Waals surface area (Å²) < 4.78 is 5.26. The van der Waals surface area contributed by atoms with Gasteiger partial charge in [-0.25, -0.2) is 4.79 Å². The minimum atomic E-state index is -0.600. The van der Waals surface area contributed by atoms with Crippen molar-refractivity contribution in [1.82, 2.24) is 0 Å². The minimum Gasteiger partial charge on any atom is -0.507 e. The molecule has 0 aliphatic heterocycles. The maximum Gasteiger partial charge on any atom is 0.335 e. The first-order valence-electron chi connectivity index (χ1n) is 8.68. The van der Waals surface area contributed by atoms with Crippen LogP contribution in [0.3, 0.4) is 0 Å². The fourth-order valence-corrected chi connectivity index (χ4v) is 2.95. The standard InChI is InChI=1S/C22H23N3O3/c1-5-12-25(7-3)15-8-9-16(18(26)13-15)21-14(4)19(28-20(27)6-2)11-10-17(21)22(23)24/h1,6,8-11,13,26H,2,7,12H2,3-4H3,(H3,23,24). The molecule has 0 aliphatic rings. The monoisotopic (exact) mass is 377 g/mol. The third kappa shape index (κ3) is 4.15. The van der Waals surface area contributed by atoms with Gasteiger partial charge in [0.05, 0.1) is 6.54 Å². The maximum absolute atomic E-state index is 11.6. The van der Waals surface area contributed by atoms with E-state index in [9.17, 15) is 9.90 Å². The molecule has 28 heavy (non-hydrogen) atoms. The van der Waals surface area contributed by atoms with Crippen molar-refractivity contribution >= 4 is 17.5 Å². The summed E-state index contributed by atoms with van der Waals surface area (Å²) in [6.07, 6.45) is 6.47. The molecule has 2 rings (SSSR count). The van der Waals surface area contributed by atoms with Gasteiger partial charge in [-0.3, -0.25) is 5.41 Å². The lowest BCUT2D eigenvalue weighted by Gasteiger charge is -2.22. The van der Waals surface area contributed by atoms with Crippen molar-refractivity contribution in [2.45, 2.75) is 13.8 Å². The van der Waals surface area contributed by atoms with Crippen molar-refractivity contribution in [3.8, 4) is 35.0 Å². The number of nitrogens with one attached hydrogen (secondary N) is 1. The summed E-state index contributed by atoms with van der Waals surface area (Å²) in [5.41, 5.74) is 8.50. The van der Waals surface area contributed by atoms with Gasteiger partial charge < -0.3 is 20.5 Å². The van der Waals surface area contributed by atoms with Gasteiger partial charge in [-0.1, -0.05) is 12.5 Å². The van der Waals surface area contributed by atoms with E-state index in [0.29, 0.717) is 41.1 Å². The van der Waals surface area contributed by atoms with Crippen LogP contribution in [-0.4, -0.2) is 30.0 Å². The number of terminal acetylenes is 1. The van der Waals surface area contributed by atoms with Gasteiger partial charge in [0.1, 0.15) is 17.3 Å². The molecule has 0 saturated carbocycles. The highest BCUT2D eigenvalue weighted by Gasteiger charge is 2.19. The highest BCUT2D eigenvalue weighted by Crippen LogP contribution is 2.39. The molecular formula is C22H23N3O3. The number of carbonyl (C=O) groups is 1. The molecule has 6 nitrogen and oxygen atoms in total. The van der Waals surface area contributed by atoms with Crippen molar-refractivity contribution in [2.75, 3.05) is 18.0 Å². The third-order valence-corrected chi connectivity index (χ3v) is 4.36. The summed E-state index contributed by atoms with van der Waals surface area (Å²) in [4.78, 5) is 13.5. The molecular weight excluding hydrogens is 354 g/mol. The summed E-state index contributed by atoms with van der Waals surface area (Å²) in [6.45, 7) is 8.20. The van der Waals surface area contributed by atoms with Gasteiger partial charge in [0.15, 0.2) is 0 Å². The highest BCUT2D eigenvalue weighted by atomic mass is 16.5. The number of ether oxygens (including phenoxy) is 1. The van der Waals surface area contributed by atoms with Crippen molar-refractivity contribution < 1.29 is 14.6 Å². The second-order valence-corrected chi connectivity index (χ2v) is 6.07. The van der Waals surface area contributed by atoms with Crippen molar-refractivity contribution in [2.24, 2.45) is 5.73 Å². The molecule has 144 valence electrons. The minimum absolute atomic E-state index is 0.00534. The number of nitrogens with two attached hydrogens (primary N) is 1. The average Bonchev–Trinajstić information content (AvgIpc) is 2.67. The largest absolute Gasteiger partial charge is 0.507 e. The number of amidine groups is 1. The lowest BCUT2D eigenvalue weighted by Crippen LogP contribution is -2.22. The molecule has 0 unspecified atom stereocenters. The first-order chi connectivity index (χ1) is 13.3. The molecule has 2 aromatic rings. The Morgan fingerprint density at radius 1 is 1.43 bits per heavy atom. The topological polar surface area (TPSA) is 99.6 Å². The number of nitrogens with zero attached hydrogens (tertiary/aromatic N) is 1. The van der Waals surface area contributed by atoms with Crippen LogP contribution >= 0.6 is 0 Å². The van der Waals surface area contributed by atoms with Gasteiger partial charge in [0, 0.05) is 46.6 Å². The number of anilines is 1. The van der Waals surface area contributed by atoms with Gasteiger partial charge in [-0.05, 0) is 38.1 Å². The van der Waals surface area contributed by atoms with E-state index in [-0.39, 0.29) is 11.6 Å². The van der Waals surface area contributed by atoms with Crippen molar-refractivity contribution in [3.63, 3.8) is 0 Å². The zero-order chi connectivity index (χ0) is 20.8. The lowest BCUT2D eigenvalue weighted by atomic mass is 9.92. The molecule has 4 N–H and O–H groups in total. The lowest BCUT2D eigenvalue weighted by molar-refractivity contribution is -0.129. The average molecular weight is 377 g/mol. The quantitative estimate of drug-likeness (QED) is 0.172. The van der Waals surface area contributed by atoms with Crippen LogP contribution in [0.4, 0.5) is 5.69 Å². The fourth-order valence-electron chi connectivity index (χ4n) is 2.95. The Balaban J connectivity index is 2.64. The number of phenols is 1. The van der Waals surface area contributed by atoms with Crippen molar-refractivity contribution in [1.29, 1.82) is 5.41 Å². The Morgan fingerprint density at radius 2 is 2.14 bits per heavy atom. The number of benzene rings is 2. The van der Waals surface area contributed by atoms with Crippen LogP contribution in [0.1, 0.15) is 18.1 Å². The summed E-state index contributed by atoms with van der Waals surface area (Å²) in [5.74, 6) is 2.14. The number of carbonyl (C=O) groups excluding carboxylic acids is 1. The first-order valence-corrected chi connectivity index (χ1v) is 8.68. The SMILES string of the molecule is C#CCN(CC)c1ccc(-c2c(C(=N)N)ccc(OC(=O)C=C)c2C)c(O)c1. The van der Waals surface area contributed by atoms with E-state index in [0.717, 1.165) is 11.8 Å². The third-order valence-electron chi connectivity index (χ3n) is 4.36.